The molecule has 3 rings (SSSR count). The van der Waals surface area contributed by atoms with Gasteiger partial charge in [-0.3, -0.25) is 9.20 Å². The van der Waals surface area contributed by atoms with Crippen LogP contribution in [0.1, 0.15) is 27.4 Å². The van der Waals surface area contributed by atoms with Gasteiger partial charge in [-0.2, -0.15) is 0 Å². The predicted octanol–water partition coefficient (Wildman–Crippen LogP) is 2.90. The molecule has 0 saturated carbocycles. The molecule has 0 bridgehead atoms. The normalized spacial score (nSPS) is 15.4. The lowest BCUT2D eigenvalue weighted by molar-refractivity contribution is 0.0299. The fourth-order valence-corrected chi connectivity index (χ4v) is 3.56. The zero-order valence-corrected chi connectivity index (χ0v) is 17.7. The van der Waals surface area contributed by atoms with Gasteiger partial charge in [0.1, 0.15) is 5.69 Å². The molecular formula is C20H23Cl2N5O2. The van der Waals surface area contributed by atoms with Crippen LogP contribution in [0.25, 0.3) is 11.4 Å². The first kappa shape index (κ1) is 21.5. The molecule has 0 aliphatic carbocycles. The Labute approximate surface area is 179 Å². The molecule has 1 saturated heterocycles. The van der Waals surface area contributed by atoms with Crippen LogP contribution in [0.5, 0.6) is 0 Å². The molecule has 0 spiro atoms. The molecule has 1 fully saturated rings. The first-order chi connectivity index (χ1) is 14.0. The summed E-state index contributed by atoms with van der Waals surface area (Å²) < 4.78 is 7.07. The summed E-state index contributed by atoms with van der Waals surface area (Å²) in [7, 11) is 0. The largest absolute Gasteiger partial charge is 0.378 e. The van der Waals surface area contributed by atoms with E-state index >= 15 is 0 Å². The maximum absolute atomic E-state index is 12.8. The summed E-state index contributed by atoms with van der Waals surface area (Å²) in [6.07, 6.45) is 6.86. The minimum Gasteiger partial charge on any atom is -0.378 e. The van der Waals surface area contributed by atoms with Crippen LogP contribution >= 0.6 is 23.2 Å². The highest BCUT2D eigenvalue weighted by Gasteiger charge is 2.23. The number of carbonyl (C=O) groups is 1. The minimum atomic E-state index is -0.147. The number of allylic oxidation sites excluding steroid dienone is 5. The summed E-state index contributed by atoms with van der Waals surface area (Å²) in [5.41, 5.74) is 9.29. The summed E-state index contributed by atoms with van der Waals surface area (Å²) in [6.45, 7) is 8.42. The number of rotatable bonds is 6. The van der Waals surface area contributed by atoms with Gasteiger partial charge in [0.2, 0.25) is 5.78 Å². The summed E-state index contributed by atoms with van der Waals surface area (Å²) in [4.78, 5) is 23.5. The van der Waals surface area contributed by atoms with Crippen molar-refractivity contribution >= 4 is 40.5 Å². The zero-order chi connectivity index (χ0) is 21.0. The Kier molecular flexibility index (Phi) is 7.08. The molecule has 0 radical (unpaired) electrons. The molecule has 1 aliphatic rings. The molecule has 29 heavy (non-hydrogen) atoms. The fraction of sp³-hybridized carbons (Fsp3) is 0.350. The van der Waals surface area contributed by atoms with E-state index in [0.29, 0.717) is 54.3 Å². The number of nitrogens with zero attached hydrogens (tertiary/aromatic N) is 4. The molecule has 9 heteroatoms. The van der Waals surface area contributed by atoms with Crippen molar-refractivity contribution in [2.45, 2.75) is 13.5 Å². The van der Waals surface area contributed by atoms with E-state index < -0.39 is 0 Å². The smallest absolute Gasteiger partial charge is 0.274 e. The van der Waals surface area contributed by atoms with E-state index in [2.05, 4.69) is 16.5 Å². The van der Waals surface area contributed by atoms with Crippen molar-refractivity contribution in [1.82, 2.24) is 19.3 Å². The third kappa shape index (κ3) is 4.70. The Morgan fingerprint density at radius 1 is 1.34 bits per heavy atom. The van der Waals surface area contributed by atoms with Gasteiger partial charge in [-0.15, -0.1) is 11.6 Å². The van der Waals surface area contributed by atoms with Crippen LogP contribution in [0.3, 0.4) is 0 Å². The number of nitrogens with two attached hydrogens (primary N) is 1. The summed E-state index contributed by atoms with van der Waals surface area (Å²) in [5, 5.41) is 0.506. The minimum absolute atomic E-state index is 0.147. The Bertz CT molecular complexity index is 990. The first-order valence-corrected chi connectivity index (χ1v) is 10.1. The lowest BCUT2D eigenvalue weighted by Gasteiger charge is -2.25. The van der Waals surface area contributed by atoms with Crippen LogP contribution in [-0.2, 0) is 11.3 Å². The maximum atomic E-state index is 12.8. The average molecular weight is 436 g/mol. The van der Waals surface area contributed by atoms with Gasteiger partial charge in [-0.1, -0.05) is 30.3 Å². The van der Waals surface area contributed by atoms with Crippen molar-refractivity contribution in [3.63, 3.8) is 0 Å². The number of hydrogen-bond acceptors (Lipinski definition) is 5. The van der Waals surface area contributed by atoms with E-state index in [1.165, 1.54) is 0 Å². The number of amides is 1. The van der Waals surface area contributed by atoms with Crippen LogP contribution in [0.2, 0.25) is 0 Å². The number of halogens is 2. The van der Waals surface area contributed by atoms with E-state index in [4.69, 9.17) is 33.7 Å². The van der Waals surface area contributed by atoms with Gasteiger partial charge in [-0.05, 0) is 18.6 Å². The second-order valence-electron chi connectivity index (χ2n) is 6.53. The summed E-state index contributed by atoms with van der Waals surface area (Å²) in [6, 6.07) is 0. The topological polar surface area (TPSA) is 85.8 Å². The second kappa shape index (κ2) is 9.54. The number of alkyl halides is 1. The maximum Gasteiger partial charge on any atom is 0.274 e. The molecule has 2 aromatic rings. The average Bonchev–Trinajstić information content (AvgIpc) is 3.14. The molecule has 0 atom stereocenters. The van der Waals surface area contributed by atoms with Gasteiger partial charge in [0, 0.05) is 48.0 Å². The third-order valence-corrected chi connectivity index (χ3v) is 5.09. The number of carbonyl (C=O) groups excluding carboxylic acids is 1. The zero-order valence-electron chi connectivity index (χ0n) is 16.2. The molecular weight excluding hydrogens is 413 g/mol. The standard InChI is InChI=1S/C20H23Cl2N5O2/c1-13(3-4-15(22)5-6-21)18-16(11-23)14(2)24-20-25-17(12-27(18)20)19(28)26-7-9-29-10-8-26/h3-5,12H,1,6-11,23H2,2H3/b4-3-,15-5+. The Hall–Kier alpha value is -2.19. The van der Waals surface area contributed by atoms with E-state index in [1.54, 1.807) is 33.7 Å². The molecule has 2 aromatic heterocycles. The number of aromatic nitrogens is 3. The van der Waals surface area contributed by atoms with Crippen molar-refractivity contribution in [2.75, 3.05) is 32.2 Å². The quantitative estimate of drug-likeness (QED) is 0.556. The number of imidazole rings is 1. The predicted molar refractivity (Wildman–Crippen MR) is 115 cm³/mol. The van der Waals surface area contributed by atoms with Crippen molar-refractivity contribution < 1.29 is 9.53 Å². The third-order valence-electron chi connectivity index (χ3n) is 4.66. The second-order valence-corrected chi connectivity index (χ2v) is 7.28. The van der Waals surface area contributed by atoms with Gasteiger partial charge >= 0.3 is 0 Å². The van der Waals surface area contributed by atoms with E-state index in [-0.39, 0.29) is 12.5 Å². The van der Waals surface area contributed by atoms with Crippen molar-refractivity contribution in [1.29, 1.82) is 0 Å². The Balaban J connectivity index is 2.05. The Morgan fingerprint density at radius 2 is 2.07 bits per heavy atom. The molecule has 7 nitrogen and oxygen atoms in total. The van der Waals surface area contributed by atoms with E-state index in [9.17, 15) is 4.79 Å². The van der Waals surface area contributed by atoms with Gasteiger partial charge in [0.25, 0.3) is 5.91 Å². The van der Waals surface area contributed by atoms with Gasteiger partial charge < -0.3 is 15.4 Å². The van der Waals surface area contributed by atoms with Crippen LogP contribution in [0.15, 0.2) is 36.0 Å². The molecule has 1 amide bonds. The van der Waals surface area contributed by atoms with Crippen LogP contribution in [0, 0.1) is 6.92 Å². The summed E-state index contributed by atoms with van der Waals surface area (Å²) in [5.74, 6) is 0.589. The molecule has 0 aromatic carbocycles. The number of fused-ring (bicyclic) bond motifs is 1. The van der Waals surface area contributed by atoms with Gasteiger partial charge in [-0.25, -0.2) is 9.97 Å². The number of morpholine rings is 1. The van der Waals surface area contributed by atoms with E-state index in [1.807, 2.05) is 6.92 Å². The highest BCUT2D eigenvalue weighted by Crippen LogP contribution is 2.24. The van der Waals surface area contributed by atoms with Crippen molar-refractivity contribution in [2.24, 2.45) is 5.73 Å². The molecule has 2 N–H and O–H groups in total. The van der Waals surface area contributed by atoms with Crippen molar-refractivity contribution in [3.05, 3.63) is 58.7 Å². The van der Waals surface area contributed by atoms with Crippen LogP contribution in [0.4, 0.5) is 0 Å². The molecule has 154 valence electrons. The lowest BCUT2D eigenvalue weighted by Crippen LogP contribution is -2.40. The SMILES string of the molecule is C=C(/C=C\C(Cl)=C/CCl)c1c(CN)c(C)nc2nc(C(=O)N3CCOCC3)cn12. The first-order valence-electron chi connectivity index (χ1n) is 9.21. The van der Waals surface area contributed by atoms with Gasteiger partial charge in [0.05, 0.1) is 18.9 Å². The molecule has 0 unspecified atom stereocenters. The van der Waals surface area contributed by atoms with Crippen LogP contribution in [-0.4, -0.2) is 57.4 Å². The summed E-state index contributed by atoms with van der Waals surface area (Å²) >= 11 is 11.8. The molecule has 3 heterocycles. The van der Waals surface area contributed by atoms with Crippen LogP contribution < -0.4 is 5.73 Å². The lowest BCUT2D eigenvalue weighted by atomic mass is 10.1. The Morgan fingerprint density at radius 3 is 2.72 bits per heavy atom. The molecule has 1 aliphatic heterocycles. The fourth-order valence-electron chi connectivity index (χ4n) is 3.17. The monoisotopic (exact) mass is 435 g/mol. The number of ether oxygens (including phenoxy) is 1. The number of aryl methyl sites for hydroxylation is 1. The van der Waals surface area contributed by atoms with Crippen molar-refractivity contribution in [3.8, 4) is 0 Å². The highest BCUT2D eigenvalue weighted by atomic mass is 35.5. The van der Waals surface area contributed by atoms with Gasteiger partial charge in [0.15, 0.2) is 0 Å². The number of hydrogen-bond donors (Lipinski definition) is 1. The highest BCUT2D eigenvalue weighted by molar-refractivity contribution is 6.32. The van der Waals surface area contributed by atoms with E-state index in [0.717, 1.165) is 17.0 Å².